The quantitative estimate of drug-likeness (QED) is 0.595. The minimum atomic E-state index is 0.243. The lowest BCUT2D eigenvalue weighted by atomic mass is 9.99. The van der Waals surface area contributed by atoms with Crippen molar-refractivity contribution in [2.24, 2.45) is 4.99 Å². The minimum absolute atomic E-state index is 0.243. The topological polar surface area (TPSA) is 46.1 Å². The van der Waals surface area contributed by atoms with Crippen LogP contribution < -0.4 is 10.1 Å². The summed E-state index contributed by atoms with van der Waals surface area (Å²) in [5.74, 6) is 1.86. The zero-order valence-electron chi connectivity index (χ0n) is 15.9. The maximum atomic E-state index is 5.89. The number of likely N-dealkylation sites (N-methyl/N-ethyl adjacent to an activating group) is 1. The summed E-state index contributed by atoms with van der Waals surface area (Å²) >= 11 is 1.93. The van der Waals surface area contributed by atoms with Gasteiger partial charge in [0.2, 0.25) is 0 Å². The second-order valence-corrected chi connectivity index (χ2v) is 7.71. The zero-order valence-corrected chi connectivity index (χ0v) is 16.7. The van der Waals surface area contributed by atoms with Gasteiger partial charge in [-0.3, -0.25) is 4.99 Å². The van der Waals surface area contributed by atoms with E-state index in [9.17, 15) is 0 Å². The molecule has 25 heavy (non-hydrogen) atoms. The zero-order chi connectivity index (χ0) is 18.1. The molecule has 1 fully saturated rings. The molecule has 0 aliphatic carbocycles. The van der Waals surface area contributed by atoms with Gasteiger partial charge in [0, 0.05) is 38.6 Å². The molecule has 6 heteroatoms. The van der Waals surface area contributed by atoms with Crippen LogP contribution in [-0.2, 0) is 4.74 Å². The normalized spacial score (nSPS) is 17.2. The molecule has 0 radical (unpaired) electrons. The summed E-state index contributed by atoms with van der Waals surface area (Å²) in [5, 5.41) is 3.53. The predicted molar refractivity (Wildman–Crippen MR) is 107 cm³/mol. The molecule has 0 aromatic heterocycles. The van der Waals surface area contributed by atoms with Gasteiger partial charge in [0.15, 0.2) is 5.96 Å². The van der Waals surface area contributed by atoms with Gasteiger partial charge in [-0.05, 0) is 37.7 Å². The van der Waals surface area contributed by atoms with Gasteiger partial charge in [-0.2, -0.15) is 11.8 Å². The molecule has 1 N–H and O–H groups in total. The van der Waals surface area contributed by atoms with E-state index >= 15 is 0 Å². The average molecular weight is 366 g/mol. The van der Waals surface area contributed by atoms with Crippen molar-refractivity contribution in [1.29, 1.82) is 0 Å². The van der Waals surface area contributed by atoms with Gasteiger partial charge in [0.25, 0.3) is 0 Å². The number of para-hydroxylation sites is 1. The Balaban J connectivity index is 1.80. The summed E-state index contributed by atoms with van der Waals surface area (Å²) in [6.45, 7) is 6.08. The summed E-state index contributed by atoms with van der Waals surface area (Å²) in [4.78, 5) is 6.53. The SMILES string of the molecule is CN=C(NCC1(SC)CCOCC1)N(C)CCOc1ccccc1C. The number of nitrogens with one attached hydrogen (secondary N) is 1. The third-order valence-electron chi connectivity index (χ3n) is 4.76. The van der Waals surface area contributed by atoms with E-state index in [0.717, 1.165) is 56.4 Å². The number of hydrogen-bond donors (Lipinski definition) is 1. The van der Waals surface area contributed by atoms with Crippen molar-refractivity contribution in [2.45, 2.75) is 24.5 Å². The smallest absolute Gasteiger partial charge is 0.193 e. The Morgan fingerprint density at radius 2 is 2.08 bits per heavy atom. The third kappa shape index (κ3) is 5.82. The van der Waals surface area contributed by atoms with Gasteiger partial charge < -0.3 is 19.7 Å². The van der Waals surface area contributed by atoms with Crippen LogP contribution in [0.25, 0.3) is 0 Å². The second kappa shape index (κ2) is 9.92. The van der Waals surface area contributed by atoms with E-state index in [1.54, 1.807) is 0 Å². The summed E-state index contributed by atoms with van der Waals surface area (Å²) in [5.41, 5.74) is 1.16. The average Bonchev–Trinajstić information content (AvgIpc) is 2.64. The molecule has 0 saturated carbocycles. The number of aryl methyl sites for hydroxylation is 1. The fraction of sp³-hybridized carbons (Fsp3) is 0.632. The van der Waals surface area contributed by atoms with Crippen LogP contribution in [0.4, 0.5) is 0 Å². The molecule has 1 saturated heterocycles. The third-order valence-corrected chi connectivity index (χ3v) is 6.18. The van der Waals surface area contributed by atoms with E-state index in [2.05, 4.69) is 34.5 Å². The van der Waals surface area contributed by atoms with E-state index in [4.69, 9.17) is 9.47 Å². The Hall–Kier alpha value is -1.40. The fourth-order valence-electron chi connectivity index (χ4n) is 2.94. The largest absolute Gasteiger partial charge is 0.491 e. The van der Waals surface area contributed by atoms with Gasteiger partial charge in [0.1, 0.15) is 12.4 Å². The lowest BCUT2D eigenvalue weighted by Gasteiger charge is -2.36. The monoisotopic (exact) mass is 365 g/mol. The Morgan fingerprint density at radius 3 is 2.72 bits per heavy atom. The van der Waals surface area contributed by atoms with E-state index in [-0.39, 0.29) is 4.75 Å². The maximum Gasteiger partial charge on any atom is 0.193 e. The van der Waals surface area contributed by atoms with Gasteiger partial charge >= 0.3 is 0 Å². The van der Waals surface area contributed by atoms with E-state index in [0.29, 0.717) is 6.61 Å². The molecule has 1 aromatic carbocycles. The van der Waals surface area contributed by atoms with Crippen LogP contribution in [-0.4, -0.2) is 68.9 Å². The number of hydrogen-bond acceptors (Lipinski definition) is 4. The molecule has 0 unspecified atom stereocenters. The van der Waals surface area contributed by atoms with Crippen LogP contribution in [0.2, 0.25) is 0 Å². The van der Waals surface area contributed by atoms with Gasteiger partial charge in [0.05, 0.1) is 6.54 Å². The van der Waals surface area contributed by atoms with Crippen molar-refractivity contribution in [3.05, 3.63) is 29.8 Å². The molecule has 1 aromatic rings. The number of guanidine groups is 1. The van der Waals surface area contributed by atoms with Crippen molar-refractivity contribution < 1.29 is 9.47 Å². The fourth-order valence-corrected chi connectivity index (χ4v) is 3.73. The molecule has 1 aliphatic rings. The van der Waals surface area contributed by atoms with Crippen LogP contribution >= 0.6 is 11.8 Å². The Labute approximate surface area is 156 Å². The van der Waals surface area contributed by atoms with Crippen molar-refractivity contribution in [3.8, 4) is 5.75 Å². The summed E-state index contributed by atoms with van der Waals surface area (Å²) < 4.78 is 11.6. The maximum absolute atomic E-state index is 5.89. The van der Waals surface area contributed by atoms with Crippen LogP contribution in [0.3, 0.4) is 0 Å². The van der Waals surface area contributed by atoms with Crippen LogP contribution in [0.15, 0.2) is 29.3 Å². The summed E-state index contributed by atoms with van der Waals surface area (Å²) in [7, 11) is 3.88. The molecule has 2 rings (SSSR count). The molecule has 0 atom stereocenters. The second-order valence-electron chi connectivity index (χ2n) is 6.44. The van der Waals surface area contributed by atoms with E-state index < -0.39 is 0 Å². The van der Waals surface area contributed by atoms with Gasteiger partial charge in [-0.1, -0.05) is 18.2 Å². The number of benzene rings is 1. The standard InChI is InChI=1S/C19H31N3O2S/c1-16-7-5-6-8-17(16)24-14-11-22(3)18(20-2)21-15-19(25-4)9-12-23-13-10-19/h5-8H,9-15H2,1-4H3,(H,20,21). The molecule has 0 spiro atoms. The molecule has 1 heterocycles. The molecule has 5 nitrogen and oxygen atoms in total. The first-order chi connectivity index (χ1) is 12.1. The molecule has 140 valence electrons. The van der Waals surface area contributed by atoms with E-state index in [1.165, 1.54) is 0 Å². The highest BCUT2D eigenvalue weighted by atomic mass is 32.2. The highest BCUT2D eigenvalue weighted by molar-refractivity contribution is 8.00. The molecular formula is C19H31N3O2S. The first-order valence-corrected chi connectivity index (χ1v) is 10.1. The predicted octanol–water partition coefficient (Wildman–Crippen LogP) is 2.79. The summed E-state index contributed by atoms with van der Waals surface area (Å²) in [6.07, 6.45) is 4.35. The molecular weight excluding hydrogens is 334 g/mol. The van der Waals surface area contributed by atoms with Crippen molar-refractivity contribution in [2.75, 3.05) is 53.3 Å². The number of aliphatic imine (C=N–C) groups is 1. The van der Waals surface area contributed by atoms with Gasteiger partial charge in [-0.15, -0.1) is 0 Å². The molecule has 0 bridgehead atoms. The van der Waals surface area contributed by atoms with E-state index in [1.807, 2.05) is 44.1 Å². The lowest BCUT2D eigenvalue weighted by Crippen LogP contribution is -2.49. The summed E-state index contributed by atoms with van der Waals surface area (Å²) in [6, 6.07) is 8.10. The Kier molecular flexibility index (Phi) is 7.90. The highest BCUT2D eigenvalue weighted by Crippen LogP contribution is 2.33. The number of ether oxygens (including phenoxy) is 2. The van der Waals surface area contributed by atoms with Crippen LogP contribution in [0, 0.1) is 6.92 Å². The van der Waals surface area contributed by atoms with Gasteiger partial charge in [-0.25, -0.2) is 0 Å². The highest BCUT2D eigenvalue weighted by Gasteiger charge is 2.32. The van der Waals surface area contributed by atoms with Crippen molar-refractivity contribution in [1.82, 2.24) is 10.2 Å². The van der Waals surface area contributed by atoms with Crippen molar-refractivity contribution in [3.63, 3.8) is 0 Å². The minimum Gasteiger partial charge on any atom is -0.491 e. The van der Waals surface area contributed by atoms with Crippen molar-refractivity contribution >= 4 is 17.7 Å². The first-order valence-electron chi connectivity index (χ1n) is 8.83. The number of rotatable bonds is 7. The molecule has 0 amide bonds. The van der Waals surface area contributed by atoms with Crippen LogP contribution in [0.1, 0.15) is 18.4 Å². The first kappa shape index (κ1) is 19.9. The molecule has 1 aliphatic heterocycles. The number of nitrogens with zero attached hydrogens (tertiary/aromatic N) is 2. The Bertz CT molecular complexity index is 559. The lowest BCUT2D eigenvalue weighted by molar-refractivity contribution is 0.0781. The number of thioether (sulfide) groups is 1. The Morgan fingerprint density at radius 1 is 1.36 bits per heavy atom. The van der Waals surface area contributed by atoms with Crippen LogP contribution in [0.5, 0.6) is 5.75 Å².